The van der Waals surface area contributed by atoms with Crippen LogP contribution in [0.3, 0.4) is 0 Å². The predicted octanol–water partition coefficient (Wildman–Crippen LogP) is 4.19. The van der Waals surface area contributed by atoms with E-state index in [1.807, 2.05) is 6.07 Å². The number of nitro groups is 1. The summed E-state index contributed by atoms with van der Waals surface area (Å²) in [6.45, 7) is -0.607. The van der Waals surface area contributed by atoms with Crippen LogP contribution in [-0.4, -0.2) is 30.5 Å². The van der Waals surface area contributed by atoms with Gasteiger partial charge in [-0.25, -0.2) is 4.79 Å². The van der Waals surface area contributed by atoms with Crippen LogP contribution in [0, 0.1) is 10.1 Å². The smallest absolute Gasteiger partial charge is 0.342 e. The maximum absolute atomic E-state index is 12.5. The van der Waals surface area contributed by atoms with E-state index in [2.05, 4.69) is 5.32 Å². The number of hydrogen-bond donors (Lipinski definition) is 1. The topological polar surface area (TPSA) is 117 Å². The molecule has 0 saturated carbocycles. The van der Waals surface area contributed by atoms with E-state index in [0.29, 0.717) is 5.75 Å². The van der Waals surface area contributed by atoms with Crippen LogP contribution in [0.4, 0.5) is 11.4 Å². The van der Waals surface area contributed by atoms with E-state index < -0.39 is 23.4 Å². The molecule has 9 nitrogen and oxygen atoms in total. The van der Waals surface area contributed by atoms with Crippen LogP contribution in [0.5, 0.6) is 17.2 Å². The highest BCUT2D eigenvalue weighted by Gasteiger charge is 2.18. The molecule has 1 amide bonds. The first-order valence-corrected chi connectivity index (χ1v) is 9.09. The van der Waals surface area contributed by atoms with Gasteiger partial charge in [-0.15, -0.1) is 0 Å². The van der Waals surface area contributed by atoms with Crippen molar-refractivity contribution in [3.8, 4) is 17.2 Å². The van der Waals surface area contributed by atoms with Crippen LogP contribution >= 0.6 is 0 Å². The molecule has 0 radical (unpaired) electrons. The maximum atomic E-state index is 12.5. The summed E-state index contributed by atoms with van der Waals surface area (Å²) in [5.41, 5.74) is 0.0118. The molecule has 31 heavy (non-hydrogen) atoms. The second-order valence-corrected chi connectivity index (χ2v) is 6.18. The molecule has 0 aliphatic carbocycles. The van der Waals surface area contributed by atoms with Crippen molar-refractivity contribution in [2.75, 3.05) is 19.0 Å². The highest BCUT2D eigenvalue weighted by molar-refractivity contribution is 5.97. The number of esters is 1. The number of carbonyl (C=O) groups excluding carboxylic acids is 2. The van der Waals surface area contributed by atoms with Crippen LogP contribution in [0.25, 0.3) is 0 Å². The Kier molecular flexibility index (Phi) is 6.79. The molecular weight excluding hydrogens is 404 g/mol. The summed E-state index contributed by atoms with van der Waals surface area (Å²) in [5.74, 6) is -0.397. The van der Waals surface area contributed by atoms with Gasteiger partial charge in [-0.3, -0.25) is 14.9 Å². The Balaban J connectivity index is 1.66. The lowest BCUT2D eigenvalue weighted by molar-refractivity contribution is -0.384. The van der Waals surface area contributed by atoms with Crippen molar-refractivity contribution in [2.24, 2.45) is 0 Å². The Morgan fingerprint density at radius 2 is 1.68 bits per heavy atom. The molecule has 0 aliphatic heterocycles. The maximum Gasteiger partial charge on any atom is 0.342 e. The lowest BCUT2D eigenvalue weighted by Crippen LogP contribution is -2.21. The number of nitrogens with zero attached hydrogens (tertiary/aromatic N) is 1. The van der Waals surface area contributed by atoms with Gasteiger partial charge >= 0.3 is 5.97 Å². The molecule has 3 rings (SSSR count). The van der Waals surface area contributed by atoms with Crippen LogP contribution in [0.1, 0.15) is 10.4 Å². The number of benzene rings is 3. The normalized spacial score (nSPS) is 10.1. The fourth-order valence-electron chi connectivity index (χ4n) is 2.64. The minimum Gasteiger partial charge on any atom is -0.495 e. The van der Waals surface area contributed by atoms with Gasteiger partial charge in [0.15, 0.2) is 6.61 Å². The number of nitrogens with one attached hydrogen (secondary N) is 1. The lowest BCUT2D eigenvalue weighted by Gasteiger charge is -2.12. The molecule has 1 N–H and O–H groups in total. The number of ether oxygens (including phenoxy) is 3. The van der Waals surface area contributed by atoms with E-state index in [1.54, 1.807) is 42.5 Å². The van der Waals surface area contributed by atoms with Gasteiger partial charge < -0.3 is 19.5 Å². The Morgan fingerprint density at radius 1 is 0.968 bits per heavy atom. The van der Waals surface area contributed by atoms with E-state index in [4.69, 9.17) is 14.2 Å². The molecule has 0 atom stereocenters. The summed E-state index contributed by atoms with van der Waals surface area (Å²) in [7, 11) is 1.36. The Hall–Kier alpha value is -4.40. The standard InChI is InChI=1S/C22H18N2O7/c1-29-20-12-11-15(24(27)28)13-18(20)23-21(25)14-30-22(26)17-9-5-6-10-19(17)31-16-7-3-2-4-8-16/h2-13H,14H2,1H3,(H,23,25). The largest absolute Gasteiger partial charge is 0.495 e. The fourth-order valence-corrected chi connectivity index (χ4v) is 2.64. The third kappa shape index (κ3) is 5.57. The number of methoxy groups -OCH3 is 1. The summed E-state index contributed by atoms with van der Waals surface area (Å²) >= 11 is 0. The number of non-ortho nitro benzene ring substituents is 1. The second-order valence-electron chi connectivity index (χ2n) is 6.18. The van der Waals surface area contributed by atoms with E-state index in [-0.39, 0.29) is 28.4 Å². The van der Waals surface area contributed by atoms with Crippen LogP contribution in [-0.2, 0) is 9.53 Å². The zero-order valence-electron chi connectivity index (χ0n) is 16.4. The minimum absolute atomic E-state index is 0.0885. The molecule has 3 aromatic rings. The summed E-state index contributed by atoms with van der Waals surface area (Å²) < 4.78 is 15.9. The molecule has 3 aromatic carbocycles. The summed E-state index contributed by atoms with van der Waals surface area (Å²) in [6, 6.07) is 19.1. The summed E-state index contributed by atoms with van der Waals surface area (Å²) in [5, 5.41) is 13.4. The Labute approximate surface area is 177 Å². The predicted molar refractivity (Wildman–Crippen MR) is 112 cm³/mol. The average Bonchev–Trinajstić information content (AvgIpc) is 2.78. The van der Waals surface area contributed by atoms with Crippen molar-refractivity contribution in [1.29, 1.82) is 0 Å². The van der Waals surface area contributed by atoms with Gasteiger partial charge in [0.1, 0.15) is 22.8 Å². The van der Waals surface area contributed by atoms with Crippen molar-refractivity contribution in [1.82, 2.24) is 0 Å². The van der Waals surface area contributed by atoms with Gasteiger partial charge in [0.25, 0.3) is 11.6 Å². The zero-order valence-corrected chi connectivity index (χ0v) is 16.4. The summed E-state index contributed by atoms with van der Waals surface area (Å²) in [4.78, 5) is 35.1. The molecule has 0 fully saturated rings. The second kappa shape index (κ2) is 9.88. The molecule has 0 spiro atoms. The third-order valence-corrected chi connectivity index (χ3v) is 4.08. The van der Waals surface area contributed by atoms with Gasteiger partial charge in [-0.05, 0) is 30.3 Å². The number of hydrogen-bond acceptors (Lipinski definition) is 7. The average molecular weight is 422 g/mol. The van der Waals surface area contributed by atoms with Crippen molar-refractivity contribution in [2.45, 2.75) is 0 Å². The molecule has 158 valence electrons. The minimum atomic E-state index is -0.757. The highest BCUT2D eigenvalue weighted by atomic mass is 16.6. The van der Waals surface area contributed by atoms with Crippen LogP contribution in [0.15, 0.2) is 72.8 Å². The molecule has 0 saturated heterocycles. The molecular formula is C22H18N2O7. The van der Waals surface area contributed by atoms with Crippen molar-refractivity contribution < 1.29 is 28.7 Å². The monoisotopic (exact) mass is 422 g/mol. The van der Waals surface area contributed by atoms with Gasteiger partial charge in [0.2, 0.25) is 0 Å². The Morgan fingerprint density at radius 3 is 2.39 bits per heavy atom. The number of anilines is 1. The van der Waals surface area contributed by atoms with Gasteiger partial charge in [-0.1, -0.05) is 30.3 Å². The van der Waals surface area contributed by atoms with Crippen LogP contribution in [0.2, 0.25) is 0 Å². The van der Waals surface area contributed by atoms with E-state index in [0.717, 1.165) is 6.07 Å². The number of amides is 1. The molecule has 0 aliphatic rings. The number of nitro benzene ring substituents is 1. The van der Waals surface area contributed by atoms with Crippen molar-refractivity contribution >= 4 is 23.3 Å². The highest BCUT2D eigenvalue weighted by Crippen LogP contribution is 2.29. The first-order valence-electron chi connectivity index (χ1n) is 9.09. The molecule has 9 heteroatoms. The quantitative estimate of drug-likeness (QED) is 0.329. The van der Waals surface area contributed by atoms with Crippen molar-refractivity contribution in [3.63, 3.8) is 0 Å². The van der Waals surface area contributed by atoms with Crippen LogP contribution < -0.4 is 14.8 Å². The SMILES string of the molecule is COc1ccc([N+](=O)[O-])cc1NC(=O)COC(=O)c1ccccc1Oc1ccccc1. The number of rotatable bonds is 8. The number of carbonyl (C=O) groups is 2. The summed E-state index contributed by atoms with van der Waals surface area (Å²) in [6.07, 6.45) is 0. The first-order chi connectivity index (χ1) is 15.0. The Bertz CT molecular complexity index is 1100. The van der Waals surface area contributed by atoms with Gasteiger partial charge in [-0.2, -0.15) is 0 Å². The molecule has 0 aromatic heterocycles. The zero-order chi connectivity index (χ0) is 22.2. The number of para-hydroxylation sites is 2. The molecule has 0 bridgehead atoms. The molecule has 0 heterocycles. The molecule has 0 unspecified atom stereocenters. The van der Waals surface area contributed by atoms with E-state index in [1.165, 1.54) is 25.3 Å². The third-order valence-electron chi connectivity index (χ3n) is 4.08. The van der Waals surface area contributed by atoms with Gasteiger partial charge in [0, 0.05) is 12.1 Å². The fraction of sp³-hybridized carbons (Fsp3) is 0.0909. The van der Waals surface area contributed by atoms with Gasteiger partial charge in [0.05, 0.1) is 17.7 Å². The van der Waals surface area contributed by atoms with E-state index >= 15 is 0 Å². The van der Waals surface area contributed by atoms with E-state index in [9.17, 15) is 19.7 Å². The lowest BCUT2D eigenvalue weighted by atomic mass is 10.2. The first kappa shape index (κ1) is 21.3. The van der Waals surface area contributed by atoms with Crippen molar-refractivity contribution in [3.05, 3.63) is 88.5 Å².